The fourth-order valence-corrected chi connectivity index (χ4v) is 1.45. The Balaban J connectivity index is 2.23. The van der Waals surface area contributed by atoms with Gasteiger partial charge >= 0.3 is 0 Å². The molecular weight excluding hydrogens is 200 g/mol. The molecule has 0 radical (unpaired) electrons. The van der Waals surface area contributed by atoms with Crippen molar-refractivity contribution in [3.05, 3.63) is 48.7 Å². The lowest BCUT2D eigenvalue weighted by Crippen LogP contribution is -2.05. The highest BCUT2D eigenvalue weighted by Gasteiger charge is 1.99. The van der Waals surface area contributed by atoms with Crippen molar-refractivity contribution in [1.82, 2.24) is 4.98 Å². The summed E-state index contributed by atoms with van der Waals surface area (Å²) in [5.74, 6) is -0.0886. The smallest absolute Gasteiger partial charge is 0.221 e. The molecule has 0 saturated heterocycles. The summed E-state index contributed by atoms with van der Waals surface area (Å²) in [4.78, 5) is 15.1. The molecule has 0 fully saturated rings. The Morgan fingerprint density at radius 2 is 1.88 bits per heavy atom. The summed E-state index contributed by atoms with van der Waals surface area (Å²) in [6.07, 6.45) is 1.66. The Morgan fingerprint density at radius 3 is 2.44 bits per heavy atom. The number of anilines is 1. The third kappa shape index (κ3) is 2.45. The van der Waals surface area contributed by atoms with Crippen molar-refractivity contribution in [2.45, 2.75) is 6.92 Å². The average molecular weight is 212 g/mol. The molecule has 16 heavy (non-hydrogen) atoms. The summed E-state index contributed by atoms with van der Waals surface area (Å²) in [6.45, 7) is 1.48. The van der Waals surface area contributed by atoms with Gasteiger partial charge in [0.2, 0.25) is 5.91 Å². The van der Waals surface area contributed by atoms with E-state index in [1.54, 1.807) is 6.20 Å². The van der Waals surface area contributed by atoms with Crippen molar-refractivity contribution in [1.29, 1.82) is 0 Å². The molecule has 0 bridgehead atoms. The van der Waals surface area contributed by atoms with Crippen LogP contribution in [0, 0.1) is 0 Å². The summed E-state index contributed by atoms with van der Waals surface area (Å²) in [5.41, 5.74) is 2.68. The number of aromatic nitrogens is 1. The number of amides is 1. The highest BCUT2D eigenvalue weighted by atomic mass is 16.1. The Bertz CT molecular complexity index is 477. The zero-order chi connectivity index (χ0) is 11.4. The number of carbonyl (C=O) groups is 1. The van der Waals surface area contributed by atoms with Gasteiger partial charge in [-0.3, -0.25) is 9.78 Å². The van der Waals surface area contributed by atoms with Crippen molar-refractivity contribution in [3.8, 4) is 11.3 Å². The van der Waals surface area contributed by atoms with Gasteiger partial charge in [0.1, 0.15) is 0 Å². The number of nitrogens with zero attached hydrogens (tertiary/aromatic N) is 1. The molecule has 80 valence electrons. The van der Waals surface area contributed by atoms with E-state index in [0.29, 0.717) is 5.69 Å². The van der Waals surface area contributed by atoms with Gasteiger partial charge in [-0.25, -0.2) is 0 Å². The topological polar surface area (TPSA) is 42.0 Å². The standard InChI is InChI=1S/C13H12N2O/c1-10(16)15-12-7-8-13(14-9-12)11-5-3-2-4-6-11/h2-9H,1H3,(H,15,16). The van der Waals surface area contributed by atoms with E-state index in [1.165, 1.54) is 6.92 Å². The van der Waals surface area contributed by atoms with Gasteiger partial charge in [-0.05, 0) is 12.1 Å². The second-order valence-electron chi connectivity index (χ2n) is 3.48. The summed E-state index contributed by atoms with van der Waals surface area (Å²) >= 11 is 0. The van der Waals surface area contributed by atoms with Crippen LogP contribution in [0.3, 0.4) is 0 Å². The number of hydrogen-bond acceptors (Lipinski definition) is 2. The molecule has 1 N–H and O–H groups in total. The van der Waals surface area contributed by atoms with Crippen LogP contribution in [0.5, 0.6) is 0 Å². The molecule has 0 aliphatic carbocycles. The van der Waals surface area contributed by atoms with E-state index >= 15 is 0 Å². The quantitative estimate of drug-likeness (QED) is 0.831. The molecule has 3 heteroatoms. The van der Waals surface area contributed by atoms with E-state index in [9.17, 15) is 4.79 Å². The second kappa shape index (κ2) is 4.57. The average Bonchev–Trinajstić information content (AvgIpc) is 2.30. The zero-order valence-electron chi connectivity index (χ0n) is 8.97. The molecular formula is C13H12N2O. The first-order valence-electron chi connectivity index (χ1n) is 5.05. The maximum absolute atomic E-state index is 10.8. The predicted octanol–water partition coefficient (Wildman–Crippen LogP) is 2.71. The highest BCUT2D eigenvalue weighted by Crippen LogP contribution is 2.17. The Labute approximate surface area is 94.1 Å². The summed E-state index contributed by atoms with van der Waals surface area (Å²) < 4.78 is 0. The molecule has 2 aromatic rings. The van der Waals surface area contributed by atoms with Crippen molar-refractivity contribution in [2.75, 3.05) is 5.32 Å². The molecule has 1 aromatic carbocycles. The van der Waals surface area contributed by atoms with Crippen molar-refractivity contribution < 1.29 is 4.79 Å². The van der Waals surface area contributed by atoms with E-state index < -0.39 is 0 Å². The van der Waals surface area contributed by atoms with Crippen LogP contribution in [0.15, 0.2) is 48.7 Å². The van der Waals surface area contributed by atoms with E-state index in [4.69, 9.17) is 0 Å². The summed E-state index contributed by atoms with van der Waals surface area (Å²) in [6, 6.07) is 13.6. The molecule has 1 amide bonds. The zero-order valence-corrected chi connectivity index (χ0v) is 8.97. The van der Waals surface area contributed by atoms with E-state index in [0.717, 1.165) is 11.3 Å². The largest absolute Gasteiger partial charge is 0.325 e. The maximum Gasteiger partial charge on any atom is 0.221 e. The first-order valence-corrected chi connectivity index (χ1v) is 5.05. The minimum atomic E-state index is -0.0886. The van der Waals surface area contributed by atoms with Crippen LogP contribution in [0.2, 0.25) is 0 Å². The molecule has 3 nitrogen and oxygen atoms in total. The molecule has 0 unspecified atom stereocenters. The number of pyridine rings is 1. The Morgan fingerprint density at radius 1 is 1.12 bits per heavy atom. The minimum absolute atomic E-state index is 0.0886. The molecule has 0 aliphatic rings. The number of rotatable bonds is 2. The van der Waals surface area contributed by atoms with Crippen LogP contribution in [0.1, 0.15) is 6.92 Å². The van der Waals surface area contributed by atoms with E-state index in [2.05, 4.69) is 10.3 Å². The van der Waals surface area contributed by atoms with E-state index in [-0.39, 0.29) is 5.91 Å². The number of benzene rings is 1. The Hall–Kier alpha value is -2.16. The molecule has 0 saturated carbocycles. The highest BCUT2D eigenvalue weighted by molar-refractivity contribution is 5.88. The molecule has 0 aliphatic heterocycles. The van der Waals surface area contributed by atoms with E-state index in [1.807, 2.05) is 42.5 Å². The van der Waals surface area contributed by atoms with Gasteiger partial charge in [0.05, 0.1) is 17.6 Å². The van der Waals surface area contributed by atoms with Crippen LogP contribution >= 0.6 is 0 Å². The first-order chi connectivity index (χ1) is 7.75. The lowest BCUT2D eigenvalue weighted by molar-refractivity contribution is -0.114. The van der Waals surface area contributed by atoms with Crippen LogP contribution < -0.4 is 5.32 Å². The van der Waals surface area contributed by atoms with Gasteiger partial charge in [0.15, 0.2) is 0 Å². The van der Waals surface area contributed by atoms with Gasteiger partial charge in [-0.15, -0.1) is 0 Å². The van der Waals surface area contributed by atoms with Crippen molar-refractivity contribution in [2.24, 2.45) is 0 Å². The fourth-order valence-electron chi connectivity index (χ4n) is 1.45. The number of nitrogens with one attached hydrogen (secondary N) is 1. The maximum atomic E-state index is 10.8. The van der Waals surface area contributed by atoms with Gasteiger partial charge in [0, 0.05) is 12.5 Å². The monoisotopic (exact) mass is 212 g/mol. The fraction of sp³-hybridized carbons (Fsp3) is 0.0769. The molecule has 0 atom stereocenters. The number of carbonyl (C=O) groups excluding carboxylic acids is 1. The summed E-state index contributed by atoms with van der Waals surface area (Å²) in [5, 5.41) is 2.68. The first kappa shape index (κ1) is 10.4. The van der Waals surface area contributed by atoms with Gasteiger partial charge in [0.25, 0.3) is 0 Å². The van der Waals surface area contributed by atoms with Gasteiger partial charge < -0.3 is 5.32 Å². The third-order valence-corrected chi connectivity index (χ3v) is 2.15. The third-order valence-electron chi connectivity index (χ3n) is 2.15. The van der Waals surface area contributed by atoms with Crippen LogP contribution in [-0.2, 0) is 4.79 Å². The second-order valence-corrected chi connectivity index (χ2v) is 3.48. The van der Waals surface area contributed by atoms with Crippen molar-refractivity contribution in [3.63, 3.8) is 0 Å². The van der Waals surface area contributed by atoms with Crippen LogP contribution in [0.25, 0.3) is 11.3 Å². The molecule has 1 heterocycles. The lowest BCUT2D eigenvalue weighted by Gasteiger charge is -2.03. The normalized spacial score (nSPS) is 9.81. The molecule has 1 aromatic heterocycles. The minimum Gasteiger partial charge on any atom is -0.325 e. The number of hydrogen-bond donors (Lipinski definition) is 1. The van der Waals surface area contributed by atoms with Crippen LogP contribution in [0.4, 0.5) is 5.69 Å². The van der Waals surface area contributed by atoms with Gasteiger partial charge in [-0.1, -0.05) is 30.3 Å². The van der Waals surface area contributed by atoms with Crippen LogP contribution in [-0.4, -0.2) is 10.9 Å². The predicted molar refractivity (Wildman–Crippen MR) is 64.0 cm³/mol. The molecule has 2 rings (SSSR count). The van der Waals surface area contributed by atoms with Crippen molar-refractivity contribution >= 4 is 11.6 Å². The van der Waals surface area contributed by atoms with Gasteiger partial charge in [-0.2, -0.15) is 0 Å². The summed E-state index contributed by atoms with van der Waals surface area (Å²) in [7, 11) is 0. The SMILES string of the molecule is CC(=O)Nc1ccc(-c2ccccc2)nc1. The Kier molecular flexibility index (Phi) is 2.96. The lowest BCUT2D eigenvalue weighted by atomic mass is 10.1. The molecule has 0 spiro atoms.